The summed E-state index contributed by atoms with van der Waals surface area (Å²) in [4.78, 5) is 18.9. The monoisotopic (exact) mass is 418 g/mol. The predicted octanol–water partition coefficient (Wildman–Crippen LogP) is 5.57. The standard InChI is InChI=1S/C21H20ClFN2O2S/c1-14(2)25(21(26)18-8-3-4-9-19(18)23)11-16-13-28-20(24-16)12-27-17-7-5-6-15(22)10-17/h3-10,13-14H,11-12H2,1-2H3. The average molecular weight is 419 g/mol. The highest BCUT2D eigenvalue weighted by molar-refractivity contribution is 7.09. The number of carbonyl (C=O) groups is 1. The van der Waals surface area contributed by atoms with E-state index in [2.05, 4.69) is 4.98 Å². The SMILES string of the molecule is CC(C)N(Cc1csc(COc2cccc(Cl)c2)n1)C(=O)c1ccccc1F. The first-order chi connectivity index (χ1) is 13.4. The number of nitrogens with zero attached hydrogens (tertiary/aromatic N) is 2. The van der Waals surface area contributed by atoms with Crippen LogP contribution in [0, 0.1) is 5.82 Å². The second-order valence-electron chi connectivity index (χ2n) is 6.49. The maximum Gasteiger partial charge on any atom is 0.257 e. The molecule has 1 aromatic heterocycles. The molecular weight excluding hydrogens is 399 g/mol. The second kappa shape index (κ2) is 9.17. The molecule has 0 bridgehead atoms. The van der Waals surface area contributed by atoms with Gasteiger partial charge < -0.3 is 9.64 Å². The highest BCUT2D eigenvalue weighted by Gasteiger charge is 2.22. The largest absolute Gasteiger partial charge is 0.486 e. The lowest BCUT2D eigenvalue weighted by Crippen LogP contribution is -2.37. The lowest BCUT2D eigenvalue weighted by molar-refractivity contribution is 0.0683. The van der Waals surface area contributed by atoms with E-state index >= 15 is 0 Å². The molecule has 0 fully saturated rings. The number of thiazole rings is 1. The Morgan fingerprint density at radius 1 is 1.25 bits per heavy atom. The van der Waals surface area contributed by atoms with Crippen LogP contribution in [0.5, 0.6) is 5.75 Å². The van der Waals surface area contributed by atoms with E-state index in [0.717, 1.165) is 10.7 Å². The Labute approximate surface area is 172 Å². The first kappa shape index (κ1) is 20.3. The summed E-state index contributed by atoms with van der Waals surface area (Å²) in [6.45, 7) is 4.41. The first-order valence-corrected chi connectivity index (χ1v) is 10.1. The number of amides is 1. The maximum atomic E-state index is 14.0. The molecule has 3 aromatic rings. The van der Waals surface area contributed by atoms with Crippen molar-refractivity contribution in [3.63, 3.8) is 0 Å². The molecule has 1 heterocycles. The molecule has 3 rings (SSSR count). The number of aromatic nitrogens is 1. The van der Waals surface area contributed by atoms with Crippen LogP contribution in [0.4, 0.5) is 4.39 Å². The van der Waals surface area contributed by atoms with Crippen molar-refractivity contribution in [2.24, 2.45) is 0 Å². The lowest BCUT2D eigenvalue weighted by atomic mass is 10.1. The number of ether oxygens (including phenoxy) is 1. The number of halogens is 2. The van der Waals surface area contributed by atoms with E-state index in [1.54, 1.807) is 29.2 Å². The Morgan fingerprint density at radius 2 is 2.04 bits per heavy atom. The van der Waals surface area contributed by atoms with Crippen LogP contribution >= 0.6 is 22.9 Å². The van der Waals surface area contributed by atoms with Gasteiger partial charge >= 0.3 is 0 Å². The van der Waals surface area contributed by atoms with Crippen LogP contribution < -0.4 is 4.74 Å². The third kappa shape index (κ3) is 5.09. The van der Waals surface area contributed by atoms with Gasteiger partial charge in [-0.25, -0.2) is 9.37 Å². The molecule has 28 heavy (non-hydrogen) atoms. The summed E-state index contributed by atoms with van der Waals surface area (Å²) in [6.07, 6.45) is 0. The number of benzene rings is 2. The average Bonchev–Trinajstić information content (AvgIpc) is 3.12. The van der Waals surface area contributed by atoms with Gasteiger partial charge in [-0.1, -0.05) is 29.8 Å². The zero-order chi connectivity index (χ0) is 20.1. The highest BCUT2D eigenvalue weighted by atomic mass is 35.5. The molecule has 4 nitrogen and oxygen atoms in total. The van der Waals surface area contributed by atoms with Crippen LogP contribution in [0.3, 0.4) is 0 Å². The summed E-state index contributed by atoms with van der Waals surface area (Å²) in [5.74, 6) is -0.201. The maximum absolute atomic E-state index is 14.0. The fourth-order valence-electron chi connectivity index (χ4n) is 2.64. The highest BCUT2D eigenvalue weighted by Crippen LogP contribution is 2.21. The van der Waals surface area contributed by atoms with Crippen molar-refractivity contribution in [2.45, 2.75) is 33.0 Å². The molecule has 0 spiro atoms. The molecule has 0 aliphatic carbocycles. The van der Waals surface area contributed by atoms with Gasteiger partial charge in [-0.2, -0.15) is 0 Å². The van der Waals surface area contributed by atoms with Gasteiger partial charge in [-0.05, 0) is 44.2 Å². The molecule has 0 unspecified atom stereocenters. The van der Waals surface area contributed by atoms with Crippen molar-refractivity contribution >= 4 is 28.8 Å². The van der Waals surface area contributed by atoms with Crippen LogP contribution in [-0.4, -0.2) is 21.8 Å². The van der Waals surface area contributed by atoms with Crippen molar-refractivity contribution in [3.8, 4) is 5.75 Å². The van der Waals surface area contributed by atoms with E-state index in [0.29, 0.717) is 23.9 Å². The van der Waals surface area contributed by atoms with E-state index in [1.807, 2.05) is 31.4 Å². The Hall–Kier alpha value is -2.44. The van der Waals surface area contributed by atoms with E-state index in [9.17, 15) is 9.18 Å². The van der Waals surface area contributed by atoms with Gasteiger partial charge in [-0.15, -0.1) is 11.3 Å². The van der Waals surface area contributed by atoms with Gasteiger partial charge in [-0.3, -0.25) is 4.79 Å². The minimum absolute atomic E-state index is 0.0657. The zero-order valence-corrected chi connectivity index (χ0v) is 17.1. The Balaban J connectivity index is 1.67. The topological polar surface area (TPSA) is 42.4 Å². The van der Waals surface area contributed by atoms with Crippen LogP contribution in [0.2, 0.25) is 5.02 Å². The third-order valence-electron chi connectivity index (χ3n) is 4.08. The number of hydrogen-bond acceptors (Lipinski definition) is 4. The molecule has 0 N–H and O–H groups in total. The first-order valence-electron chi connectivity index (χ1n) is 8.81. The summed E-state index contributed by atoms with van der Waals surface area (Å²) < 4.78 is 19.7. The number of rotatable bonds is 7. The van der Waals surface area contributed by atoms with E-state index in [1.165, 1.54) is 23.5 Å². The Morgan fingerprint density at radius 3 is 2.75 bits per heavy atom. The molecule has 0 aliphatic heterocycles. The minimum atomic E-state index is -0.521. The smallest absolute Gasteiger partial charge is 0.257 e. The van der Waals surface area contributed by atoms with Gasteiger partial charge in [0, 0.05) is 16.4 Å². The van der Waals surface area contributed by atoms with Crippen molar-refractivity contribution in [1.29, 1.82) is 0 Å². The summed E-state index contributed by atoms with van der Waals surface area (Å²) in [7, 11) is 0. The third-order valence-corrected chi connectivity index (χ3v) is 5.18. The van der Waals surface area contributed by atoms with E-state index in [4.69, 9.17) is 16.3 Å². The van der Waals surface area contributed by atoms with Crippen molar-refractivity contribution in [2.75, 3.05) is 0 Å². The number of hydrogen-bond donors (Lipinski definition) is 0. The predicted molar refractivity (Wildman–Crippen MR) is 109 cm³/mol. The van der Waals surface area contributed by atoms with Crippen LogP contribution in [0.15, 0.2) is 53.9 Å². The molecule has 0 atom stereocenters. The van der Waals surface area contributed by atoms with Crippen molar-refractivity contribution in [1.82, 2.24) is 9.88 Å². The van der Waals surface area contributed by atoms with Crippen molar-refractivity contribution in [3.05, 3.63) is 81.0 Å². The van der Waals surface area contributed by atoms with Gasteiger partial charge in [0.1, 0.15) is 23.2 Å². The van der Waals surface area contributed by atoms with Crippen LogP contribution in [0.1, 0.15) is 34.9 Å². The zero-order valence-electron chi connectivity index (χ0n) is 15.6. The molecule has 0 radical (unpaired) electrons. The van der Waals surface area contributed by atoms with Crippen LogP contribution in [-0.2, 0) is 13.2 Å². The van der Waals surface area contributed by atoms with E-state index < -0.39 is 5.82 Å². The quantitative estimate of drug-likeness (QED) is 0.504. The number of carbonyl (C=O) groups excluding carboxylic acids is 1. The Kier molecular flexibility index (Phi) is 6.65. The van der Waals surface area contributed by atoms with Gasteiger partial charge in [0.25, 0.3) is 5.91 Å². The van der Waals surface area contributed by atoms with E-state index in [-0.39, 0.29) is 17.5 Å². The molecular formula is C21H20ClFN2O2S. The molecule has 7 heteroatoms. The van der Waals surface area contributed by atoms with Gasteiger partial charge in [0.05, 0.1) is 17.8 Å². The summed E-state index contributed by atoms with van der Waals surface area (Å²) in [5, 5.41) is 3.29. The summed E-state index contributed by atoms with van der Waals surface area (Å²) in [6, 6.07) is 13.1. The molecule has 146 valence electrons. The fourth-order valence-corrected chi connectivity index (χ4v) is 3.52. The van der Waals surface area contributed by atoms with Gasteiger partial charge in [0.2, 0.25) is 0 Å². The van der Waals surface area contributed by atoms with Crippen molar-refractivity contribution < 1.29 is 13.9 Å². The second-order valence-corrected chi connectivity index (χ2v) is 7.86. The summed E-state index contributed by atoms with van der Waals surface area (Å²) in [5.41, 5.74) is 0.809. The molecule has 0 saturated carbocycles. The minimum Gasteiger partial charge on any atom is -0.486 e. The molecule has 2 aromatic carbocycles. The summed E-state index contributed by atoms with van der Waals surface area (Å²) >= 11 is 7.41. The fraction of sp³-hybridized carbons (Fsp3) is 0.238. The Bertz CT molecular complexity index is 961. The van der Waals surface area contributed by atoms with Gasteiger partial charge in [0.15, 0.2) is 0 Å². The lowest BCUT2D eigenvalue weighted by Gasteiger charge is -2.26. The molecule has 0 aliphatic rings. The molecule has 1 amide bonds. The molecule has 0 saturated heterocycles. The normalized spacial score (nSPS) is 10.9. The van der Waals surface area contributed by atoms with Crippen LogP contribution in [0.25, 0.3) is 0 Å².